The summed E-state index contributed by atoms with van der Waals surface area (Å²) >= 11 is 0. The van der Waals surface area contributed by atoms with Crippen molar-refractivity contribution in [2.45, 2.75) is 64.2 Å². The van der Waals surface area contributed by atoms with E-state index in [0.29, 0.717) is 12.5 Å². The van der Waals surface area contributed by atoms with Gasteiger partial charge < -0.3 is 29.9 Å². The maximum absolute atomic E-state index is 14.3. The van der Waals surface area contributed by atoms with Crippen LogP contribution >= 0.6 is 0 Å². The molecule has 0 spiro atoms. The third-order valence-electron chi connectivity index (χ3n) is 5.90. The average molecular weight is 519 g/mol. The molecule has 1 aromatic rings. The number of carbonyl (C=O) groups excluding carboxylic acids is 3. The zero-order valence-electron chi connectivity index (χ0n) is 20.2. The van der Waals surface area contributed by atoms with E-state index in [-0.39, 0.29) is 43.2 Å². The number of alkyl halides is 3. The first kappa shape index (κ1) is 27.3. The van der Waals surface area contributed by atoms with Gasteiger partial charge in [0.1, 0.15) is 17.7 Å². The first-order chi connectivity index (χ1) is 16.9. The monoisotopic (exact) mass is 518 g/mol. The Morgan fingerprint density at radius 2 is 1.86 bits per heavy atom. The van der Waals surface area contributed by atoms with Crippen LogP contribution in [-0.4, -0.2) is 72.5 Å². The molecule has 0 bridgehead atoms. The van der Waals surface area contributed by atoms with Crippen LogP contribution in [0, 0.1) is 11.7 Å². The molecule has 0 aromatic heterocycles. The molecule has 9 nitrogen and oxygen atoms in total. The summed E-state index contributed by atoms with van der Waals surface area (Å²) in [6, 6.07) is 1.24. The quantitative estimate of drug-likeness (QED) is 0.426. The van der Waals surface area contributed by atoms with Crippen LogP contribution in [-0.2, 0) is 16.1 Å². The number of likely N-dealkylation sites (tertiary alicyclic amines) is 1. The van der Waals surface area contributed by atoms with E-state index in [1.807, 2.05) is 0 Å². The van der Waals surface area contributed by atoms with Crippen molar-refractivity contribution in [1.82, 2.24) is 20.4 Å². The number of urea groups is 2. The van der Waals surface area contributed by atoms with Crippen LogP contribution in [0.2, 0.25) is 0 Å². The van der Waals surface area contributed by atoms with Crippen molar-refractivity contribution in [3.05, 3.63) is 29.6 Å². The second-order valence-electron chi connectivity index (χ2n) is 9.16. The van der Waals surface area contributed by atoms with Crippen molar-refractivity contribution in [1.29, 1.82) is 0 Å². The Morgan fingerprint density at radius 1 is 1.17 bits per heavy atom. The zero-order chi connectivity index (χ0) is 26.6. The summed E-state index contributed by atoms with van der Waals surface area (Å²) in [6.45, 7) is 3.54. The van der Waals surface area contributed by atoms with Gasteiger partial charge in [0.15, 0.2) is 0 Å². The minimum atomic E-state index is -4.95. The van der Waals surface area contributed by atoms with E-state index < -0.39 is 42.1 Å². The molecular weight excluding hydrogens is 488 g/mol. The molecule has 0 unspecified atom stereocenters. The maximum Gasteiger partial charge on any atom is 0.573 e. The summed E-state index contributed by atoms with van der Waals surface area (Å²) in [7, 11) is 1.48. The normalized spacial score (nSPS) is 20.1. The smallest absolute Gasteiger partial charge is 0.460 e. The summed E-state index contributed by atoms with van der Waals surface area (Å²) in [5, 5.41) is 5.16. The zero-order valence-corrected chi connectivity index (χ0v) is 20.2. The van der Waals surface area contributed by atoms with Gasteiger partial charge in [0.2, 0.25) is 0 Å². The van der Waals surface area contributed by atoms with Gasteiger partial charge in [0.25, 0.3) is 0 Å². The summed E-state index contributed by atoms with van der Waals surface area (Å²) in [4.78, 5) is 40.7. The fourth-order valence-electron chi connectivity index (χ4n) is 4.05. The molecular formula is C23H30F4N4O5. The Labute approximate surface area is 206 Å². The lowest BCUT2D eigenvalue weighted by atomic mass is 10.0. The van der Waals surface area contributed by atoms with Gasteiger partial charge >= 0.3 is 24.4 Å². The molecule has 1 saturated carbocycles. The first-order valence-electron chi connectivity index (χ1n) is 11.7. The summed E-state index contributed by atoms with van der Waals surface area (Å²) in [6.07, 6.45) is -3.73. The lowest BCUT2D eigenvalue weighted by molar-refractivity contribution is -0.274. The van der Waals surface area contributed by atoms with Crippen LogP contribution in [0.15, 0.2) is 18.2 Å². The number of esters is 1. The molecule has 1 aliphatic carbocycles. The van der Waals surface area contributed by atoms with Crippen LogP contribution in [0.25, 0.3) is 0 Å². The predicted molar refractivity (Wildman–Crippen MR) is 119 cm³/mol. The van der Waals surface area contributed by atoms with E-state index in [4.69, 9.17) is 4.74 Å². The van der Waals surface area contributed by atoms with Crippen molar-refractivity contribution in [3.8, 4) is 5.75 Å². The predicted octanol–water partition coefficient (Wildman–Crippen LogP) is 3.38. The van der Waals surface area contributed by atoms with Gasteiger partial charge in [-0.3, -0.25) is 4.79 Å². The number of nitrogens with one attached hydrogen (secondary N) is 2. The highest BCUT2D eigenvalue weighted by molar-refractivity contribution is 5.77. The number of nitrogens with zero attached hydrogens (tertiary/aromatic N) is 2. The second-order valence-corrected chi connectivity index (χ2v) is 9.16. The molecule has 1 aromatic carbocycles. The standard InChI is InChI=1S/C23H30F4N4O5/c1-13(2)20(32)35-18-8-16(11-30(12-18)21(33)28-3)31(15-5-6-15)22(34)29-10-14-4-7-17(9-19(14)24)36-23(25,26)27/h4,7,9,13,15-16,18H,5-6,8,10-12H2,1-3H3,(H,28,33)(H,29,34)/t16-,18+/m1/s1. The van der Waals surface area contributed by atoms with Crippen LogP contribution < -0.4 is 15.4 Å². The highest BCUT2D eigenvalue weighted by atomic mass is 19.4. The van der Waals surface area contributed by atoms with Crippen molar-refractivity contribution in [2.24, 2.45) is 5.92 Å². The lowest BCUT2D eigenvalue weighted by Gasteiger charge is -2.42. The van der Waals surface area contributed by atoms with E-state index in [2.05, 4.69) is 15.4 Å². The minimum absolute atomic E-state index is 0.0204. The van der Waals surface area contributed by atoms with Crippen LogP contribution in [0.5, 0.6) is 5.75 Å². The number of ether oxygens (including phenoxy) is 2. The number of halogens is 4. The molecule has 3 rings (SSSR count). The van der Waals surface area contributed by atoms with Gasteiger partial charge in [-0.15, -0.1) is 13.2 Å². The molecule has 2 fully saturated rings. The number of amides is 4. The minimum Gasteiger partial charge on any atom is -0.460 e. The van der Waals surface area contributed by atoms with Crippen LogP contribution in [0.1, 0.15) is 38.7 Å². The highest BCUT2D eigenvalue weighted by Gasteiger charge is 2.43. The number of carbonyl (C=O) groups is 3. The van der Waals surface area contributed by atoms with Gasteiger partial charge in [-0.05, 0) is 18.9 Å². The third kappa shape index (κ3) is 7.37. The molecule has 2 aliphatic rings. The van der Waals surface area contributed by atoms with Gasteiger partial charge in [0.05, 0.1) is 18.5 Å². The second kappa shape index (κ2) is 11.2. The Kier molecular flexibility index (Phi) is 8.51. The van der Waals surface area contributed by atoms with Crippen molar-refractivity contribution in [3.63, 3.8) is 0 Å². The third-order valence-corrected chi connectivity index (χ3v) is 5.90. The topological polar surface area (TPSA) is 100 Å². The van der Waals surface area contributed by atoms with Crippen molar-refractivity contribution < 1.29 is 41.4 Å². The van der Waals surface area contributed by atoms with Crippen LogP contribution in [0.4, 0.5) is 27.2 Å². The van der Waals surface area contributed by atoms with Crippen molar-refractivity contribution in [2.75, 3.05) is 20.1 Å². The number of hydrogen-bond donors (Lipinski definition) is 2. The number of piperidine rings is 1. The highest BCUT2D eigenvalue weighted by Crippen LogP contribution is 2.32. The number of rotatable bonds is 7. The average Bonchev–Trinajstić information content (AvgIpc) is 3.61. The summed E-state index contributed by atoms with van der Waals surface area (Å²) in [5.74, 6) is -2.43. The number of benzene rings is 1. The van der Waals surface area contributed by atoms with Gasteiger partial charge in [-0.25, -0.2) is 14.0 Å². The summed E-state index contributed by atoms with van der Waals surface area (Å²) in [5.41, 5.74) is -0.0204. The molecule has 0 radical (unpaired) electrons. The van der Waals surface area contributed by atoms with E-state index in [1.54, 1.807) is 18.7 Å². The number of hydrogen-bond acceptors (Lipinski definition) is 5. The first-order valence-corrected chi connectivity index (χ1v) is 11.7. The Balaban J connectivity index is 1.70. The molecule has 13 heteroatoms. The fraction of sp³-hybridized carbons (Fsp3) is 0.609. The molecule has 1 saturated heterocycles. The molecule has 2 atom stereocenters. The Hall–Kier alpha value is -3.25. The van der Waals surface area contributed by atoms with Gasteiger partial charge in [-0.2, -0.15) is 0 Å². The molecule has 1 heterocycles. The van der Waals surface area contributed by atoms with Gasteiger partial charge in [0, 0.05) is 44.2 Å². The van der Waals surface area contributed by atoms with E-state index in [9.17, 15) is 31.9 Å². The van der Waals surface area contributed by atoms with Crippen LogP contribution in [0.3, 0.4) is 0 Å². The Bertz CT molecular complexity index is 970. The molecule has 36 heavy (non-hydrogen) atoms. The molecule has 4 amide bonds. The molecule has 200 valence electrons. The van der Waals surface area contributed by atoms with E-state index in [1.165, 1.54) is 11.9 Å². The molecule has 2 N–H and O–H groups in total. The summed E-state index contributed by atoms with van der Waals surface area (Å²) < 4.78 is 60.6. The lowest BCUT2D eigenvalue weighted by Crippen LogP contribution is -2.59. The van der Waals surface area contributed by atoms with E-state index >= 15 is 0 Å². The Morgan fingerprint density at radius 3 is 2.42 bits per heavy atom. The maximum atomic E-state index is 14.3. The van der Waals surface area contributed by atoms with Gasteiger partial charge in [-0.1, -0.05) is 19.9 Å². The SMILES string of the molecule is CNC(=O)N1C[C@@H](OC(=O)C(C)C)C[C@@H](N(C(=O)NCc2ccc(OC(F)(F)F)cc2F)C2CC2)C1. The van der Waals surface area contributed by atoms with E-state index in [0.717, 1.165) is 25.0 Å². The molecule has 1 aliphatic heterocycles. The van der Waals surface area contributed by atoms with Crippen molar-refractivity contribution >= 4 is 18.0 Å². The fourth-order valence-corrected chi connectivity index (χ4v) is 4.05. The largest absolute Gasteiger partial charge is 0.573 e.